The summed E-state index contributed by atoms with van der Waals surface area (Å²) in [7, 11) is -4.59. The van der Waals surface area contributed by atoms with Crippen LogP contribution >= 0.6 is 0 Å². The van der Waals surface area contributed by atoms with Crippen molar-refractivity contribution in [2.75, 3.05) is 5.32 Å². The monoisotopic (exact) mass is 405 g/mol. The first-order valence-electron chi connectivity index (χ1n) is 9.80. The maximum Gasteiger partial charge on any atom is 1.00 e. The summed E-state index contributed by atoms with van der Waals surface area (Å²) in [5.41, 5.74) is 0.0653. The maximum atomic E-state index is 11.9. The number of benzene rings is 1. The SMILES string of the molecule is CCCCCCCCCCCCCC(=O)Nc1ccccc1S(=O)(=O)[O-].[Na+]. The molecule has 0 heterocycles. The number of hydrogen-bond acceptors (Lipinski definition) is 4. The van der Waals surface area contributed by atoms with Gasteiger partial charge < -0.3 is 9.87 Å². The molecule has 148 valence electrons. The minimum atomic E-state index is -4.59. The van der Waals surface area contributed by atoms with Crippen LogP contribution in [-0.4, -0.2) is 18.9 Å². The number of anilines is 1. The van der Waals surface area contributed by atoms with Gasteiger partial charge in [0, 0.05) is 6.42 Å². The van der Waals surface area contributed by atoms with Crippen molar-refractivity contribution in [3.8, 4) is 0 Å². The molecule has 7 heteroatoms. The van der Waals surface area contributed by atoms with E-state index in [0.717, 1.165) is 19.3 Å². The molecule has 0 aliphatic rings. The van der Waals surface area contributed by atoms with Crippen LogP contribution in [0.25, 0.3) is 0 Å². The number of nitrogens with one attached hydrogen (secondary N) is 1. The van der Waals surface area contributed by atoms with Gasteiger partial charge in [-0.3, -0.25) is 4.79 Å². The van der Waals surface area contributed by atoms with E-state index in [0.29, 0.717) is 6.42 Å². The molecule has 0 saturated carbocycles. The number of rotatable bonds is 14. The Bertz CT molecular complexity index is 635. The molecule has 27 heavy (non-hydrogen) atoms. The smallest absolute Gasteiger partial charge is 0.744 e. The van der Waals surface area contributed by atoms with Crippen molar-refractivity contribution in [2.24, 2.45) is 0 Å². The Hall–Kier alpha value is -0.400. The van der Waals surface area contributed by atoms with Crippen LogP contribution in [0.2, 0.25) is 0 Å². The number of amides is 1. The van der Waals surface area contributed by atoms with Crippen molar-refractivity contribution in [3.63, 3.8) is 0 Å². The van der Waals surface area contributed by atoms with Crippen molar-refractivity contribution in [3.05, 3.63) is 24.3 Å². The van der Waals surface area contributed by atoms with E-state index in [1.165, 1.54) is 69.6 Å². The largest absolute Gasteiger partial charge is 1.00 e. The summed E-state index contributed by atoms with van der Waals surface area (Å²) in [4.78, 5) is 11.6. The zero-order chi connectivity index (χ0) is 19.3. The first-order chi connectivity index (χ1) is 12.4. The first-order valence-corrected chi connectivity index (χ1v) is 11.2. The second-order valence-corrected chi connectivity index (χ2v) is 8.13. The zero-order valence-corrected chi connectivity index (χ0v) is 19.7. The van der Waals surface area contributed by atoms with Gasteiger partial charge in [-0.2, -0.15) is 0 Å². The van der Waals surface area contributed by atoms with E-state index in [2.05, 4.69) is 12.2 Å². The molecule has 5 nitrogen and oxygen atoms in total. The topological polar surface area (TPSA) is 86.3 Å². The second-order valence-electron chi connectivity index (χ2n) is 6.78. The number of unbranched alkanes of at least 4 members (excludes halogenated alkanes) is 10. The van der Waals surface area contributed by atoms with Gasteiger partial charge in [0.15, 0.2) is 0 Å². The minimum absolute atomic E-state index is 0. The van der Waals surface area contributed by atoms with Crippen LogP contribution < -0.4 is 34.9 Å². The van der Waals surface area contributed by atoms with Crippen LogP contribution in [0.1, 0.15) is 84.0 Å². The number of carbonyl (C=O) groups is 1. The van der Waals surface area contributed by atoms with Gasteiger partial charge in [0.05, 0.1) is 10.6 Å². The Morgan fingerprint density at radius 3 is 1.89 bits per heavy atom. The third kappa shape index (κ3) is 12.6. The van der Waals surface area contributed by atoms with E-state index in [9.17, 15) is 17.8 Å². The molecule has 0 spiro atoms. The van der Waals surface area contributed by atoms with Crippen molar-refractivity contribution in [1.82, 2.24) is 0 Å². The summed E-state index contributed by atoms with van der Waals surface area (Å²) in [6.07, 6.45) is 13.6. The summed E-state index contributed by atoms with van der Waals surface area (Å²) in [5, 5.41) is 2.53. The summed E-state index contributed by atoms with van der Waals surface area (Å²) in [5.74, 6) is -0.253. The Morgan fingerprint density at radius 2 is 1.37 bits per heavy atom. The number of carbonyl (C=O) groups excluding carboxylic acids is 1. The first kappa shape index (κ1) is 26.6. The van der Waals surface area contributed by atoms with Gasteiger partial charge in [-0.05, 0) is 18.6 Å². The Labute approximate surface area is 186 Å². The van der Waals surface area contributed by atoms with Crippen LogP contribution in [0.3, 0.4) is 0 Å². The van der Waals surface area contributed by atoms with Gasteiger partial charge in [-0.25, -0.2) is 8.42 Å². The average Bonchev–Trinajstić information content (AvgIpc) is 2.59. The molecule has 1 amide bonds. The van der Waals surface area contributed by atoms with Crippen molar-refractivity contribution in [2.45, 2.75) is 88.9 Å². The molecule has 0 aliphatic carbocycles. The van der Waals surface area contributed by atoms with Gasteiger partial charge in [0.1, 0.15) is 10.1 Å². The van der Waals surface area contributed by atoms with Crippen molar-refractivity contribution in [1.29, 1.82) is 0 Å². The molecule has 1 aromatic rings. The van der Waals surface area contributed by atoms with Crippen LogP contribution in [-0.2, 0) is 14.9 Å². The fourth-order valence-electron chi connectivity index (χ4n) is 2.95. The molecule has 0 aromatic heterocycles. The molecule has 0 saturated heterocycles. The van der Waals surface area contributed by atoms with Crippen LogP contribution in [0.5, 0.6) is 0 Å². The van der Waals surface area contributed by atoms with Crippen molar-refractivity contribution < 1.29 is 47.3 Å². The third-order valence-electron chi connectivity index (χ3n) is 4.44. The molecule has 0 aliphatic heterocycles. The molecule has 0 radical (unpaired) electrons. The standard InChI is InChI=1S/C20H33NO4S.Na/c1-2-3-4-5-6-7-8-9-10-11-12-17-20(22)21-18-15-13-14-16-19(18)26(23,24)25;/h13-16H,2-12,17H2,1H3,(H,21,22)(H,23,24,25);/q;+1/p-1. The van der Waals surface area contributed by atoms with Crippen LogP contribution in [0.15, 0.2) is 29.2 Å². The quantitative estimate of drug-likeness (QED) is 0.292. The van der Waals surface area contributed by atoms with Gasteiger partial charge >= 0.3 is 29.6 Å². The van der Waals surface area contributed by atoms with Gasteiger partial charge in [0.25, 0.3) is 0 Å². The Morgan fingerprint density at radius 1 is 0.889 bits per heavy atom. The summed E-state index contributed by atoms with van der Waals surface area (Å²) < 4.78 is 33.6. The van der Waals surface area contributed by atoms with Gasteiger partial charge in [0.2, 0.25) is 5.91 Å². The summed E-state index contributed by atoms with van der Waals surface area (Å²) >= 11 is 0. The molecular formula is C20H32NNaO4S. The molecule has 1 N–H and O–H groups in total. The molecule has 1 aromatic carbocycles. The predicted molar refractivity (Wildman–Crippen MR) is 104 cm³/mol. The minimum Gasteiger partial charge on any atom is -0.744 e. The number of hydrogen-bond donors (Lipinski definition) is 1. The maximum absolute atomic E-state index is 11.9. The van der Waals surface area contributed by atoms with Gasteiger partial charge in [-0.1, -0.05) is 83.3 Å². The summed E-state index contributed by atoms with van der Waals surface area (Å²) in [6, 6.07) is 5.69. The zero-order valence-electron chi connectivity index (χ0n) is 16.8. The molecule has 0 unspecified atom stereocenters. The van der Waals surface area contributed by atoms with E-state index >= 15 is 0 Å². The fourth-order valence-corrected chi connectivity index (χ4v) is 3.58. The van der Waals surface area contributed by atoms with Gasteiger partial charge in [-0.15, -0.1) is 0 Å². The van der Waals surface area contributed by atoms with E-state index in [4.69, 9.17) is 0 Å². The fraction of sp³-hybridized carbons (Fsp3) is 0.650. The van der Waals surface area contributed by atoms with Crippen molar-refractivity contribution >= 4 is 21.7 Å². The van der Waals surface area contributed by atoms with Crippen LogP contribution in [0.4, 0.5) is 5.69 Å². The van der Waals surface area contributed by atoms with E-state index < -0.39 is 10.1 Å². The third-order valence-corrected chi connectivity index (χ3v) is 5.33. The summed E-state index contributed by atoms with van der Waals surface area (Å²) in [6.45, 7) is 2.23. The van der Waals surface area contributed by atoms with E-state index in [1.807, 2.05) is 0 Å². The predicted octanol–water partition coefficient (Wildman–Crippen LogP) is 2.23. The normalized spacial score (nSPS) is 11.0. The molecule has 0 fully saturated rings. The van der Waals surface area contributed by atoms with Crippen LogP contribution in [0, 0.1) is 0 Å². The Kier molecular flexibility index (Phi) is 15.3. The Balaban J connectivity index is 0.00000676. The molecular weight excluding hydrogens is 373 g/mol. The average molecular weight is 406 g/mol. The van der Waals surface area contributed by atoms with E-state index in [-0.39, 0.29) is 46.0 Å². The second kappa shape index (κ2) is 15.5. The molecule has 0 atom stereocenters. The molecule has 1 rings (SSSR count). The van der Waals surface area contributed by atoms with E-state index in [1.54, 1.807) is 6.07 Å². The molecule has 0 bridgehead atoms. The number of para-hydroxylation sites is 1.